The van der Waals surface area contributed by atoms with Crippen LogP contribution in [0.5, 0.6) is 0 Å². The predicted octanol–water partition coefficient (Wildman–Crippen LogP) is 1.93. The van der Waals surface area contributed by atoms with E-state index in [1.807, 2.05) is 6.92 Å². The second-order valence-electron chi connectivity index (χ2n) is 3.24. The number of alkyl halides is 3. The summed E-state index contributed by atoms with van der Waals surface area (Å²) in [6, 6.07) is 0. The number of aryl methyl sites for hydroxylation is 2. The van der Waals surface area contributed by atoms with E-state index in [0.29, 0.717) is 0 Å². The second kappa shape index (κ2) is 5.20. The van der Waals surface area contributed by atoms with E-state index in [9.17, 15) is 13.2 Å². The van der Waals surface area contributed by atoms with Crippen LogP contribution in [0, 0.1) is 0 Å². The third-order valence-corrected chi connectivity index (χ3v) is 1.92. The van der Waals surface area contributed by atoms with Gasteiger partial charge in [0.2, 0.25) is 0 Å². The summed E-state index contributed by atoms with van der Waals surface area (Å²) in [5.74, 6) is 0. The van der Waals surface area contributed by atoms with E-state index in [-0.39, 0.29) is 6.54 Å². The Balaban J connectivity index is 2.37. The molecular weight excluding hydrogens is 223 g/mol. The molecule has 7 heteroatoms. The number of aromatic nitrogens is 2. The van der Waals surface area contributed by atoms with E-state index in [1.165, 1.54) is 0 Å². The molecular formula is C9H14F3N3O. The topological polar surface area (TPSA) is 39.1 Å². The van der Waals surface area contributed by atoms with Gasteiger partial charge in [-0.2, -0.15) is 5.10 Å². The lowest BCUT2D eigenvalue weighted by molar-refractivity contribution is -0.322. The molecule has 4 nitrogen and oxygen atoms in total. The Morgan fingerprint density at radius 2 is 2.19 bits per heavy atom. The molecule has 92 valence electrons. The summed E-state index contributed by atoms with van der Waals surface area (Å²) >= 11 is 0. The molecule has 0 aliphatic rings. The van der Waals surface area contributed by atoms with Crippen molar-refractivity contribution in [2.24, 2.45) is 7.05 Å². The van der Waals surface area contributed by atoms with Crippen molar-refractivity contribution in [1.29, 1.82) is 0 Å². The lowest BCUT2D eigenvalue weighted by Gasteiger charge is -2.08. The Bertz CT molecular complexity index is 335. The molecule has 16 heavy (non-hydrogen) atoms. The molecule has 0 aromatic carbocycles. The maximum atomic E-state index is 11.7. The van der Waals surface area contributed by atoms with Crippen molar-refractivity contribution in [3.63, 3.8) is 0 Å². The van der Waals surface area contributed by atoms with Crippen molar-refractivity contribution in [3.05, 3.63) is 11.9 Å². The Hall–Kier alpha value is -1.24. The van der Waals surface area contributed by atoms with E-state index >= 15 is 0 Å². The number of hydrogen-bond donors (Lipinski definition) is 1. The van der Waals surface area contributed by atoms with Gasteiger partial charge in [0.1, 0.15) is 0 Å². The number of nitrogens with one attached hydrogen (secondary N) is 1. The Labute approximate surface area is 91.4 Å². The van der Waals surface area contributed by atoms with Crippen molar-refractivity contribution in [2.45, 2.75) is 19.7 Å². The predicted molar refractivity (Wildman–Crippen MR) is 53.1 cm³/mol. The zero-order chi connectivity index (χ0) is 12.2. The van der Waals surface area contributed by atoms with Gasteiger partial charge in [0.15, 0.2) is 0 Å². The molecule has 0 radical (unpaired) electrons. The van der Waals surface area contributed by atoms with Crippen LogP contribution in [0.1, 0.15) is 12.6 Å². The highest BCUT2D eigenvalue weighted by Crippen LogP contribution is 2.16. The van der Waals surface area contributed by atoms with Crippen LogP contribution in [0.15, 0.2) is 6.20 Å². The summed E-state index contributed by atoms with van der Waals surface area (Å²) in [6.07, 6.45) is -2.11. The maximum absolute atomic E-state index is 11.7. The fourth-order valence-corrected chi connectivity index (χ4v) is 1.30. The van der Waals surface area contributed by atoms with Gasteiger partial charge in [0.05, 0.1) is 18.0 Å². The van der Waals surface area contributed by atoms with Crippen LogP contribution >= 0.6 is 0 Å². The first-order valence-electron chi connectivity index (χ1n) is 4.89. The standard InChI is InChI=1S/C9H14F3N3O/c1-3-7-8(6-15(2)14-7)13-4-5-16-9(10,11)12/h6,13H,3-5H2,1-2H3. The van der Waals surface area contributed by atoms with Gasteiger partial charge in [0.25, 0.3) is 0 Å². The summed E-state index contributed by atoms with van der Waals surface area (Å²) in [7, 11) is 1.76. The van der Waals surface area contributed by atoms with Gasteiger partial charge in [0, 0.05) is 19.8 Å². The molecule has 0 unspecified atom stereocenters. The van der Waals surface area contributed by atoms with Crippen LogP contribution < -0.4 is 5.32 Å². The molecule has 1 aromatic heterocycles. The molecule has 0 spiro atoms. The average Bonchev–Trinajstić information content (AvgIpc) is 2.52. The fraction of sp³-hybridized carbons (Fsp3) is 0.667. The summed E-state index contributed by atoms with van der Waals surface area (Å²) in [6.45, 7) is 1.61. The molecule has 0 amide bonds. The molecule has 0 aliphatic heterocycles. The van der Waals surface area contributed by atoms with E-state index in [1.54, 1.807) is 17.9 Å². The molecule has 1 heterocycles. The van der Waals surface area contributed by atoms with Crippen LogP contribution in [-0.2, 0) is 18.2 Å². The number of halogens is 3. The third kappa shape index (κ3) is 4.09. The van der Waals surface area contributed by atoms with Crippen molar-refractivity contribution in [1.82, 2.24) is 9.78 Å². The lowest BCUT2D eigenvalue weighted by atomic mass is 10.3. The largest absolute Gasteiger partial charge is 0.522 e. The van der Waals surface area contributed by atoms with Crippen molar-refractivity contribution in [3.8, 4) is 0 Å². The second-order valence-corrected chi connectivity index (χ2v) is 3.24. The molecule has 0 saturated carbocycles. The molecule has 0 fully saturated rings. The summed E-state index contributed by atoms with van der Waals surface area (Å²) in [5.41, 5.74) is 1.57. The van der Waals surface area contributed by atoms with Crippen molar-refractivity contribution >= 4 is 5.69 Å². The first-order chi connectivity index (χ1) is 7.42. The molecule has 0 saturated heterocycles. The highest BCUT2D eigenvalue weighted by Gasteiger charge is 2.28. The van der Waals surface area contributed by atoms with Crippen LogP contribution in [0.2, 0.25) is 0 Å². The fourth-order valence-electron chi connectivity index (χ4n) is 1.30. The number of hydrogen-bond acceptors (Lipinski definition) is 3. The first kappa shape index (κ1) is 12.8. The van der Waals surface area contributed by atoms with Gasteiger partial charge in [-0.25, -0.2) is 0 Å². The normalized spacial score (nSPS) is 11.8. The lowest BCUT2D eigenvalue weighted by Crippen LogP contribution is -2.19. The molecule has 1 N–H and O–H groups in total. The number of rotatable bonds is 5. The zero-order valence-electron chi connectivity index (χ0n) is 9.14. The van der Waals surface area contributed by atoms with E-state index in [0.717, 1.165) is 17.8 Å². The minimum atomic E-state index is -4.57. The smallest absolute Gasteiger partial charge is 0.380 e. The summed E-state index contributed by atoms with van der Waals surface area (Å²) in [5, 5.41) is 7.00. The summed E-state index contributed by atoms with van der Waals surface area (Å²) < 4.78 is 40.3. The molecule has 0 atom stereocenters. The highest BCUT2D eigenvalue weighted by atomic mass is 19.4. The van der Waals surface area contributed by atoms with Crippen molar-refractivity contribution in [2.75, 3.05) is 18.5 Å². The van der Waals surface area contributed by atoms with Gasteiger partial charge in [-0.05, 0) is 6.42 Å². The maximum Gasteiger partial charge on any atom is 0.522 e. The monoisotopic (exact) mass is 237 g/mol. The van der Waals surface area contributed by atoms with Gasteiger partial charge in [-0.15, -0.1) is 13.2 Å². The van der Waals surface area contributed by atoms with Crippen LogP contribution in [-0.4, -0.2) is 29.3 Å². The average molecular weight is 237 g/mol. The Morgan fingerprint density at radius 1 is 1.50 bits per heavy atom. The first-order valence-corrected chi connectivity index (χ1v) is 4.89. The highest BCUT2D eigenvalue weighted by molar-refractivity contribution is 5.46. The van der Waals surface area contributed by atoms with E-state index in [4.69, 9.17) is 0 Å². The van der Waals surface area contributed by atoms with Gasteiger partial charge >= 0.3 is 6.36 Å². The van der Waals surface area contributed by atoms with Gasteiger partial charge < -0.3 is 5.32 Å². The Morgan fingerprint density at radius 3 is 2.75 bits per heavy atom. The van der Waals surface area contributed by atoms with E-state index < -0.39 is 13.0 Å². The van der Waals surface area contributed by atoms with E-state index in [2.05, 4.69) is 15.2 Å². The Kier molecular flexibility index (Phi) is 4.17. The van der Waals surface area contributed by atoms with Crippen molar-refractivity contribution < 1.29 is 17.9 Å². The zero-order valence-corrected chi connectivity index (χ0v) is 9.14. The molecule has 0 bridgehead atoms. The molecule has 1 rings (SSSR count). The molecule has 0 aliphatic carbocycles. The quantitative estimate of drug-likeness (QED) is 0.795. The number of anilines is 1. The minimum Gasteiger partial charge on any atom is -0.380 e. The third-order valence-electron chi connectivity index (χ3n) is 1.92. The van der Waals surface area contributed by atoms with Crippen LogP contribution in [0.25, 0.3) is 0 Å². The van der Waals surface area contributed by atoms with Crippen LogP contribution in [0.3, 0.4) is 0 Å². The van der Waals surface area contributed by atoms with Gasteiger partial charge in [-0.3, -0.25) is 9.42 Å². The minimum absolute atomic E-state index is 0.0954. The van der Waals surface area contributed by atoms with Gasteiger partial charge in [-0.1, -0.05) is 6.92 Å². The molecule has 1 aromatic rings. The van der Waals surface area contributed by atoms with Crippen LogP contribution in [0.4, 0.5) is 18.9 Å². The SMILES string of the molecule is CCc1nn(C)cc1NCCOC(F)(F)F. The number of nitrogens with zero attached hydrogens (tertiary/aromatic N) is 2. The summed E-state index contributed by atoms with van der Waals surface area (Å²) in [4.78, 5) is 0. The number of ether oxygens (including phenoxy) is 1.